The smallest absolute Gasteiger partial charge is 0.196 e. The molecule has 21 heavy (non-hydrogen) atoms. The number of aryl methyl sites for hydroxylation is 1. The summed E-state index contributed by atoms with van der Waals surface area (Å²) in [6.45, 7) is 2.12. The van der Waals surface area contributed by atoms with Crippen LogP contribution >= 0.6 is 38.5 Å². The third-order valence-electron chi connectivity index (χ3n) is 3.60. The molecule has 0 aliphatic rings. The van der Waals surface area contributed by atoms with Gasteiger partial charge in [-0.3, -0.25) is 4.79 Å². The summed E-state index contributed by atoms with van der Waals surface area (Å²) < 4.78 is 1.88. The van der Waals surface area contributed by atoms with E-state index in [2.05, 4.69) is 56.5 Å². The van der Waals surface area contributed by atoms with E-state index in [1.54, 1.807) is 0 Å². The Labute approximate surface area is 145 Å². The number of carbonyl (C=O) groups excluding carboxylic acids is 1. The molecule has 4 heteroatoms. The minimum atomic E-state index is 0.0557. The van der Waals surface area contributed by atoms with Crippen LogP contribution in [0.5, 0.6) is 0 Å². The maximum absolute atomic E-state index is 12.8. The summed E-state index contributed by atoms with van der Waals surface area (Å²) in [4.78, 5) is 16.1. The zero-order valence-electron chi connectivity index (χ0n) is 11.4. The summed E-state index contributed by atoms with van der Waals surface area (Å²) in [5.74, 6) is 0.0557. The molecule has 1 N–H and O–H groups in total. The van der Waals surface area contributed by atoms with Crippen LogP contribution in [0, 0.1) is 3.57 Å². The van der Waals surface area contributed by atoms with Gasteiger partial charge in [0.1, 0.15) is 0 Å². The lowest BCUT2D eigenvalue weighted by molar-refractivity contribution is 0.103. The number of benzene rings is 2. The third kappa shape index (κ3) is 2.66. The Bertz CT molecular complexity index is 838. The van der Waals surface area contributed by atoms with Crippen molar-refractivity contribution < 1.29 is 4.79 Å². The maximum Gasteiger partial charge on any atom is 0.196 e. The summed E-state index contributed by atoms with van der Waals surface area (Å²) in [5, 5.41) is 0.995. The van der Waals surface area contributed by atoms with Gasteiger partial charge in [-0.25, -0.2) is 0 Å². The molecular formula is C17H13BrINO. The number of nitrogens with one attached hydrogen (secondary N) is 1. The molecule has 2 nitrogen and oxygen atoms in total. The Balaban J connectivity index is 2.16. The minimum Gasteiger partial charge on any atom is -0.360 e. The first-order chi connectivity index (χ1) is 10.1. The molecule has 106 valence electrons. The third-order valence-corrected chi connectivity index (χ3v) is 5.03. The van der Waals surface area contributed by atoms with Crippen LogP contribution in [0.3, 0.4) is 0 Å². The first kappa shape index (κ1) is 14.8. The van der Waals surface area contributed by atoms with E-state index < -0.39 is 0 Å². The van der Waals surface area contributed by atoms with Gasteiger partial charge in [0, 0.05) is 36.3 Å². The van der Waals surface area contributed by atoms with Gasteiger partial charge in [-0.1, -0.05) is 41.1 Å². The standard InChI is InChI=1S/C17H13BrINO/c1-2-10-4-3-5-12-14(9-20-16(10)12)17(21)13-8-11(18)6-7-15(13)19/h3-9,20H,2H2,1H3. The second-order valence-corrected chi connectivity index (χ2v) is 6.93. The van der Waals surface area contributed by atoms with Crippen molar-refractivity contribution in [3.63, 3.8) is 0 Å². The van der Waals surface area contributed by atoms with Crippen molar-refractivity contribution in [2.24, 2.45) is 0 Å². The number of halogens is 2. The molecule has 0 atom stereocenters. The molecule has 0 saturated heterocycles. The number of aromatic nitrogens is 1. The molecule has 3 rings (SSSR count). The van der Waals surface area contributed by atoms with Crippen molar-refractivity contribution >= 4 is 55.2 Å². The van der Waals surface area contributed by atoms with E-state index in [9.17, 15) is 4.79 Å². The van der Waals surface area contributed by atoms with Crippen LogP contribution < -0.4 is 0 Å². The van der Waals surface area contributed by atoms with Crippen molar-refractivity contribution in [3.05, 3.63) is 67.3 Å². The molecule has 3 aromatic rings. The molecule has 0 spiro atoms. The molecule has 0 fully saturated rings. The Hall–Kier alpha value is -1.14. The van der Waals surface area contributed by atoms with Gasteiger partial charge < -0.3 is 4.98 Å². The molecule has 0 radical (unpaired) electrons. The maximum atomic E-state index is 12.8. The Morgan fingerprint density at radius 2 is 2.05 bits per heavy atom. The number of ketones is 1. The molecular weight excluding hydrogens is 441 g/mol. The quantitative estimate of drug-likeness (QED) is 0.422. The first-order valence-electron chi connectivity index (χ1n) is 6.70. The van der Waals surface area contributed by atoms with E-state index in [0.717, 1.165) is 36.5 Å². The van der Waals surface area contributed by atoms with Gasteiger partial charge in [-0.15, -0.1) is 0 Å². The fraction of sp³-hybridized carbons (Fsp3) is 0.118. The highest BCUT2D eigenvalue weighted by atomic mass is 127. The molecule has 0 aliphatic carbocycles. The highest BCUT2D eigenvalue weighted by Crippen LogP contribution is 2.27. The van der Waals surface area contributed by atoms with Gasteiger partial charge in [0.15, 0.2) is 5.78 Å². The van der Waals surface area contributed by atoms with E-state index in [4.69, 9.17) is 0 Å². The largest absolute Gasteiger partial charge is 0.360 e. The lowest BCUT2D eigenvalue weighted by Gasteiger charge is -2.04. The summed E-state index contributed by atoms with van der Waals surface area (Å²) in [5.41, 5.74) is 3.76. The van der Waals surface area contributed by atoms with E-state index >= 15 is 0 Å². The SMILES string of the molecule is CCc1cccc2c(C(=O)c3cc(Br)ccc3I)c[nH]c12. The Morgan fingerprint density at radius 3 is 2.81 bits per heavy atom. The van der Waals surface area contributed by atoms with Crippen LogP contribution in [0.25, 0.3) is 10.9 Å². The lowest BCUT2D eigenvalue weighted by atomic mass is 10.0. The Morgan fingerprint density at radius 1 is 1.24 bits per heavy atom. The van der Waals surface area contributed by atoms with E-state index in [1.165, 1.54) is 5.56 Å². The van der Waals surface area contributed by atoms with E-state index in [-0.39, 0.29) is 5.78 Å². The van der Waals surface area contributed by atoms with Gasteiger partial charge in [0.2, 0.25) is 0 Å². The summed E-state index contributed by atoms with van der Waals surface area (Å²) in [6, 6.07) is 11.9. The second kappa shape index (κ2) is 5.93. The molecule has 0 saturated carbocycles. The van der Waals surface area contributed by atoms with Crippen LogP contribution in [0.4, 0.5) is 0 Å². The van der Waals surface area contributed by atoms with Crippen LogP contribution in [-0.2, 0) is 6.42 Å². The van der Waals surface area contributed by atoms with Gasteiger partial charge in [0.25, 0.3) is 0 Å². The summed E-state index contributed by atoms with van der Waals surface area (Å²) in [6.07, 6.45) is 2.77. The minimum absolute atomic E-state index is 0.0557. The number of H-pyrrole nitrogens is 1. The van der Waals surface area contributed by atoms with Crippen LogP contribution in [-0.4, -0.2) is 10.8 Å². The monoisotopic (exact) mass is 453 g/mol. The Kier molecular flexibility index (Phi) is 4.17. The zero-order valence-corrected chi connectivity index (χ0v) is 15.2. The summed E-state index contributed by atoms with van der Waals surface area (Å²) >= 11 is 5.64. The number of fused-ring (bicyclic) bond motifs is 1. The zero-order chi connectivity index (χ0) is 15.0. The number of carbonyl (C=O) groups is 1. The number of hydrogen-bond acceptors (Lipinski definition) is 1. The molecule has 0 amide bonds. The average molecular weight is 454 g/mol. The molecule has 1 heterocycles. The van der Waals surface area contributed by atoms with Crippen molar-refractivity contribution in [2.45, 2.75) is 13.3 Å². The van der Waals surface area contributed by atoms with Crippen LogP contribution in [0.2, 0.25) is 0 Å². The fourth-order valence-electron chi connectivity index (χ4n) is 2.52. The average Bonchev–Trinajstić information content (AvgIpc) is 2.93. The van der Waals surface area contributed by atoms with Crippen molar-refractivity contribution in [1.29, 1.82) is 0 Å². The van der Waals surface area contributed by atoms with Gasteiger partial charge in [-0.2, -0.15) is 0 Å². The molecule has 0 aliphatic heterocycles. The van der Waals surface area contributed by atoms with Crippen LogP contribution in [0.1, 0.15) is 28.4 Å². The number of rotatable bonds is 3. The van der Waals surface area contributed by atoms with Crippen molar-refractivity contribution in [2.75, 3.05) is 0 Å². The number of aromatic amines is 1. The van der Waals surface area contributed by atoms with Gasteiger partial charge in [0.05, 0.1) is 0 Å². The highest BCUT2D eigenvalue weighted by molar-refractivity contribution is 14.1. The van der Waals surface area contributed by atoms with E-state index in [0.29, 0.717) is 0 Å². The molecule has 1 aromatic heterocycles. The van der Waals surface area contributed by atoms with E-state index in [1.807, 2.05) is 36.5 Å². The predicted octanol–water partition coefficient (Wildman–Crippen LogP) is 5.33. The normalized spacial score (nSPS) is 11.0. The second-order valence-electron chi connectivity index (χ2n) is 4.85. The number of hydrogen-bond donors (Lipinski definition) is 1. The highest BCUT2D eigenvalue weighted by Gasteiger charge is 2.17. The predicted molar refractivity (Wildman–Crippen MR) is 98.0 cm³/mol. The lowest BCUT2D eigenvalue weighted by Crippen LogP contribution is -2.03. The van der Waals surface area contributed by atoms with Crippen molar-refractivity contribution in [1.82, 2.24) is 4.98 Å². The van der Waals surface area contributed by atoms with Crippen LogP contribution in [0.15, 0.2) is 47.1 Å². The van der Waals surface area contributed by atoms with Crippen molar-refractivity contribution in [3.8, 4) is 0 Å². The molecule has 0 bridgehead atoms. The summed E-state index contributed by atoms with van der Waals surface area (Å²) in [7, 11) is 0. The molecule has 0 unspecified atom stereocenters. The fourth-order valence-corrected chi connectivity index (χ4v) is 3.46. The van der Waals surface area contributed by atoms with Gasteiger partial charge in [-0.05, 0) is 52.8 Å². The topological polar surface area (TPSA) is 32.9 Å². The first-order valence-corrected chi connectivity index (χ1v) is 8.57. The number of para-hydroxylation sites is 1. The molecule has 2 aromatic carbocycles. The van der Waals surface area contributed by atoms with Gasteiger partial charge >= 0.3 is 0 Å².